The van der Waals surface area contributed by atoms with Crippen LogP contribution in [0.3, 0.4) is 0 Å². The topological polar surface area (TPSA) is 25.2 Å². The van der Waals surface area contributed by atoms with Crippen LogP contribution < -0.4 is 5.32 Å². The van der Waals surface area contributed by atoms with Crippen molar-refractivity contribution in [2.24, 2.45) is 0 Å². The molecule has 2 aromatic rings. The summed E-state index contributed by atoms with van der Waals surface area (Å²) in [5.41, 5.74) is 2.12. The number of hydrogen-bond acceptors (Lipinski definition) is 2. The van der Waals surface area contributed by atoms with Gasteiger partial charge in [-0.3, -0.25) is 0 Å². The van der Waals surface area contributed by atoms with Gasteiger partial charge in [-0.1, -0.05) is 30.4 Å². The van der Waals surface area contributed by atoms with Crippen molar-refractivity contribution in [1.82, 2.24) is 0 Å². The number of rotatable bonds is 0. The van der Waals surface area contributed by atoms with Gasteiger partial charge in [-0.25, -0.2) is 0 Å². The molecule has 0 radical (unpaired) electrons. The van der Waals surface area contributed by atoms with Crippen LogP contribution in [0.5, 0.6) is 0 Å². The van der Waals surface area contributed by atoms with Crippen molar-refractivity contribution in [3.05, 3.63) is 35.9 Å². The molecule has 0 aliphatic carbocycles. The van der Waals surface area contributed by atoms with Crippen molar-refractivity contribution in [2.45, 2.75) is 0 Å². The smallest absolute Gasteiger partial charge is 0.201 e. The number of hydrogen-bond donors (Lipinski definition) is 1. The molecule has 0 fully saturated rings. The number of para-hydroxylation sites is 1. The van der Waals surface area contributed by atoms with Gasteiger partial charge in [-0.2, -0.15) is 0 Å². The Morgan fingerprint density at radius 1 is 1.23 bits per heavy atom. The fourth-order valence-corrected chi connectivity index (χ4v) is 1.69. The van der Waals surface area contributed by atoms with E-state index in [0.29, 0.717) is 0 Å². The first-order valence-electron chi connectivity index (χ1n) is 4.37. The number of nitrogens with one attached hydrogen (secondary N) is 1. The second-order valence-corrected chi connectivity index (χ2v) is 3.12. The van der Waals surface area contributed by atoms with Gasteiger partial charge in [0.05, 0.1) is 0 Å². The largest absolute Gasteiger partial charge is 0.440 e. The Bertz CT molecular complexity index is 482. The Balaban J connectivity index is 2.42. The average molecular weight is 171 g/mol. The highest BCUT2D eigenvalue weighted by atomic mass is 16.3. The molecule has 0 saturated carbocycles. The van der Waals surface area contributed by atoms with Gasteiger partial charge in [0, 0.05) is 17.5 Å². The molecule has 0 unspecified atom stereocenters. The minimum Gasteiger partial charge on any atom is -0.440 e. The van der Waals surface area contributed by atoms with Crippen molar-refractivity contribution < 1.29 is 4.42 Å². The van der Waals surface area contributed by atoms with Gasteiger partial charge in [0.25, 0.3) is 0 Å². The fourth-order valence-electron chi connectivity index (χ4n) is 1.69. The molecule has 1 aliphatic heterocycles. The summed E-state index contributed by atoms with van der Waals surface area (Å²) in [6, 6.07) is 8.08. The van der Waals surface area contributed by atoms with Crippen molar-refractivity contribution in [3.8, 4) is 0 Å². The number of benzene rings is 1. The Labute approximate surface area is 75.9 Å². The lowest BCUT2D eigenvalue weighted by Crippen LogP contribution is -2.01. The van der Waals surface area contributed by atoms with Crippen molar-refractivity contribution in [1.29, 1.82) is 0 Å². The summed E-state index contributed by atoms with van der Waals surface area (Å²) in [6.45, 7) is 0.854. The lowest BCUT2D eigenvalue weighted by molar-refractivity contribution is 0.628. The maximum atomic E-state index is 5.63. The zero-order valence-electron chi connectivity index (χ0n) is 7.08. The second kappa shape index (κ2) is 2.39. The molecule has 64 valence electrons. The standard InChI is InChI=1S/C11H9NO/c1-2-6-10-8(4-1)9-5-3-7-12-11(9)13-10/h1-6,12H,7H2. The van der Waals surface area contributed by atoms with Gasteiger partial charge >= 0.3 is 0 Å². The molecule has 0 spiro atoms. The van der Waals surface area contributed by atoms with E-state index in [0.717, 1.165) is 18.0 Å². The zero-order chi connectivity index (χ0) is 8.67. The predicted octanol–water partition coefficient (Wildman–Crippen LogP) is 2.87. The van der Waals surface area contributed by atoms with Gasteiger partial charge in [0.1, 0.15) is 5.58 Å². The first-order valence-corrected chi connectivity index (χ1v) is 4.37. The highest BCUT2D eigenvalue weighted by Gasteiger charge is 2.12. The third-order valence-corrected chi connectivity index (χ3v) is 2.30. The maximum absolute atomic E-state index is 5.63. The zero-order valence-corrected chi connectivity index (χ0v) is 7.08. The number of furan rings is 1. The molecular weight excluding hydrogens is 162 g/mol. The van der Waals surface area contributed by atoms with E-state index >= 15 is 0 Å². The summed E-state index contributed by atoms with van der Waals surface area (Å²) in [7, 11) is 0. The van der Waals surface area contributed by atoms with E-state index in [1.807, 2.05) is 18.2 Å². The number of fused-ring (bicyclic) bond motifs is 3. The molecule has 0 amide bonds. The van der Waals surface area contributed by atoms with Crippen LogP contribution >= 0.6 is 0 Å². The maximum Gasteiger partial charge on any atom is 0.201 e. The summed E-state index contributed by atoms with van der Waals surface area (Å²) in [6.07, 6.45) is 4.21. The van der Waals surface area contributed by atoms with Crippen LogP contribution in [0.25, 0.3) is 17.0 Å². The lowest BCUT2D eigenvalue weighted by atomic mass is 10.1. The third-order valence-electron chi connectivity index (χ3n) is 2.30. The molecule has 3 rings (SSSR count). The Morgan fingerprint density at radius 2 is 2.15 bits per heavy atom. The first-order chi connectivity index (χ1) is 6.45. The minimum atomic E-state index is 0.854. The molecule has 13 heavy (non-hydrogen) atoms. The summed E-state index contributed by atoms with van der Waals surface area (Å²) in [5, 5.41) is 4.38. The van der Waals surface area contributed by atoms with Crippen LogP contribution in [0, 0.1) is 0 Å². The summed E-state index contributed by atoms with van der Waals surface area (Å²) >= 11 is 0. The minimum absolute atomic E-state index is 0.854. The van der Waals surface area contributed by atoms with Gasteiger partial charge < -0.3 is 9.73 Å². The monoisotopic (exact) mass is 171 g/mol. The third kappa shape index (κ3) is 0.886. The first kappa shape index (κ1) is 6.78. The molecule has 0 bridgehead atoms. The highest BCUT2D eigenvalue weighted by molar-refractivity contribution is 5.93. The normalized spacial score (nSPS) is 14.2. The van der Waals surface area contributed by atoms with Gasteiger partial charge in [0.15, 0.2) is 0 Å². The van der Waals surface area contributed by atoms with Crippen molar-refractivity contribution in [3.63, 3.8) is 0 Å². The predicted molar refractivity (Wildman–Crippen MR) is 53.7 cm³/mol. The van der Waals surface area contributed by atoms with Crippen LogP contribution in [-0.4, -0.2) is 6.54 Å². The van der Waals surface area contributed by atoms with Gasteiger partial charge in [0.2, 0.25) is 5.88 Å². The quantitative estimate of drug-likeness (QED) is 0.659. The molecular formula is C11H9NO. The van der Waals surface area contributed by atoms with Crippen LogP contribution in [0.1, 0.15) is 5.56 Å². The summed E-state index contributed by atoms with van der Waals surface area (Å²) in [5.74, 6) is 0.892. The lowest BCUT2D eigenvalue weighted by Gasteiger charge is -2.04. The molecule has 2 heteroatoms. The van der Waals surface area contributed by atoms with Gasteiger partial charge in [-0.15, -0.1) is 0 Å². The number of anilines is 1. The van der Waals surface area contributed by atoms with E-state index in [2.05, 4.69) is 23.5 Å². The Morgan fingerprint density at radius 3 is 3.15 bits per heavy atom. The van der Waals surface area contributed by atoms with E-state index in [9.17, 15) is 0 Å². The van der Waals surface area contributed by atoms with E-state index in [-0.39, 0.29) is 0 Å². The SMILES string of the molecule is C1=Cc2c(oc3ccccc23)NC1. The Kier molecular flexibility index (Phi) is 1.25. The molecule has 1 N–H and O–H groups in total. The van der Waals surface area contributed by atoms with Crippen LogP contribution in [-0.2, 0) is 0 Å². The van der Waals surface area contributed by atoms with E-state index in [1.165, 1.54) is 10.9 Å². The molecule has 2 nitrogen and oxygen atoms in total. The van der Waals surface area contributed by atoms with E-state index in [4.69, 9.17) is 4.42 Å². The van der Waals surface area contributed by atoms with E-state index in [1.54, 1.807) is 0 Å². The van der Waals surface area contributed by atoms with Crippen LogP contribution in [0.4, 0.5) is 5.88 Å². The molecule has 1 aromatic carbocycles. The highest BCUT2D eigenvalue weighted by Crippen LogP contribution is 2.32. The van der Waals surface area contributed by atoms with Crippen LogP contribution in [0.15, 0.2) is 34.8 Å². The summed E-state index contributed by atoms with van der Waals surface area (Å²) in [4.78, 5) is 0. The Hall–Kier alpha value is -1.70. The second-order valence-electron chi connectivity index (χ2n) is 3.12. The van der Waals surface area contributed by atoms with Crippen molar-refractivity contribution in [2.75, 3.05) is 11.9 Å². The fraction of sp³-hybridized carbons (Fsp3) is 0.0909. The molecule has 0 saturated heterocycles. The van der Waals surface area contributed by atoms with Crippen molar-refractivity contribution >= 4 is 22.9 Å². The van der Waals surface area contributed by atoms with Crippen LogP contribution in [0.2, 0.25) is 0 Å². The molecule has 2 heterocycles. The van der Waals surface area contributed by atoms with E-state index < -0.39 is 0 Å². The average Bonchev–Trinajstić information content (AvgIpc) is 2.56. The molecule has 1 aromatic heterocycles. The van der Waals surface area contributed by atoms with Gasteiger partial charge in [-0.05, 0) is 6.07 Å². The molecule has 1 aliphatic rings. The molecule has 0 atom stereocenters. The summed E-state index contributed by atoms with van der Waals surface area (Å²) < 4.78 is 5.63.